The quantitative estimate of drug-likeness (QED) is 0.745. The van der Waals surface area contributed by atoms with Gasteiger partial charge in [-0.3, -0.25) is 0 Å². The number of hydrogen-bond acceptors (Lipinski definition) is 6. The van der Waals surface area contributed by atoms with Gasteiger partial charge in [0.25, 0.3) is 0 Å². The second-order valence-corrected chi connectivity index (χ2v) is 5.91. The summed E-state index contributed by atoms with van der Waals surface area (Å²) in [5.74, 6) is 2.89. The summed E-state index contributed by atoms with van der Waals surface area (Å²) >= 11 is 6.07. The lowest BCUT2D eigenvalue weighted by atomic mass is 10.1. The van der Waals surface area contributed by atoms with Crippen LogP contribution < -0.4 is 19.5 Å². The predicted octanol–water partition coefficient (Wildman–Crippen LogP) is 4.15. The van der Waals surface area contributed by atoms with Crippen LogP contribution in [0, 0.1) is 0 Å². The molecule has 0 aliphatic heterocycles. The summed E-state index contributed by atoms with van der Waals surface area (Å²) in [7, 11) is 4.72. The number of ether oxygens (including phenoxy) is 3. The molecule has 2 rings (SSSR count). The number of nitrogens with zero attached hydrogens (tertiary/aromatic N) is 2. The first kappa shape index (κ1) is 18.9. The van der Waals surface area contributed by atoms with Crippen molar-refractivity contribution in [3.63, 3.8) is 0 Å². The molecule has 134 valence electrons. The Bertz CT molecular complexity index is 738. The molecular weight excluding hydrogens is 342 g/mol. The standard InChI is InChI=1S/C18H22ClN3O3/c1-11(2)20-17-10-15(19)21-16(22-17)7-6-12-8-13(23-3)18(25-5)14(9-12)24-4/h6-11H,1-5H3,(H,20,21,22)/b7-6+. The first-order chi connectivity index (χ1) is 12.0. The zero-order chi connectivity index (χ0) is 18.4. The fourth-order valence-corrected chi connectivity index (χ4v) is 2.44. The number of anilines is 1. The molecule has 1 heterocycles. The van der Waals surface area contributed by atoms with Gasteiger partial charge in [-0.1, -0.05) is 17.7 Å². The smallest absolute Gasteiger partial charge is 0.203 e. The Morgan fingerprint density at radius 1 is 0.960 bits per heavy atom. The Morgan fingerprint density at radius 2 is 1.60 bits per heavy atom. The van der Waals surface area contributed by atoms with E-state index < -0.39 is 0 Å². The molecule has 0 amide bonds. The molecule has 0 radical (unpaired) electrons. The molecule has 0 unspecified atom stereocenters. The molecular formula is C18H22ClN3O3. The lowest BCUT2D eigenvalue weighted by Gasteiger charge is -2.12. The molecule has 7 heteroatoms. The van der Waals surface area contributed by atoms with E-state index >= 15 is 0 Å². The minimum Gasteiger partial charge on any atom is -0.493 e. The molecule has 1 aromatic carbocycles. The van der Waals surface area contributed by atoms with Gasteiger partial charge in [-0.25, -0.2) is 9.97 Å². The highest BCUT2D eigenvalue weighted by Crippen LogP contribution is 2.38. The van der Waals surface area contributed by atoms with Crippen molar-refractivity contribution in [1.29, 1.82) is 0 Å². The Hall–Kier alpha value is -2.47. The molecule has 0 fully saturated rings. The maximum absolute atomic E-state index is 6.07. The molecule has 0 saturated heterocycles. The molecule has 0 bridgehead atoms. The van der Waals surface area contributed by atoms with Crippen molar-refractivity contribution >= 4 is 29.6 Å². The molecule has 0 saturated carbocycles. The second-order valence-electron chi connectivity index (χ2n) is 5.53. The van der Waals surface area contributed by atoms with Crippen LogP contribution in [0.25, 0.3) is 12.2 Å². The summed E-state index contributed by atoms with van der Waals surface area (Å²) in [5.41, 5.74) is 0.858. The maximum atomic E-state index is 6.07. The second kappa shape index (κ2) is 8.58. The van der Waals surface area contributed by atoms with Gasteiger partial charge in [-0.05, 0) is 37.6 Å². The van der Waals surface area contributed by atoms with Gasteiger partial charge in [-0.2, -0.15) is 0 Å². The fraction of sp³-hybridized carbons (Fsp3) is 0.333. The summed E-state index contributed by atoms with van der Waals surface area (Å²) < 4.78 is 16.0. The van der Waals surface area contributed by atoms with E-state index in [1.807, 2.05) is 32.1 Å². The van der Waals surface area contributed by atoms with Gasteiger partial charge in [-0.15, -0.1) is 0 Å². The highest BCUT2D eigenvalue weighted by molar-refractivity contribution is 6.29. The Morgan fingerprint density at radius 3 is 2.12 bits per heavy atom. The van der Waals surface area contributed by atoms with E-state index in [0.29, 0.717) is 34.0 Å². The summed E-state index contributed by atoms with van der Waals surface area (Å²) in [4.78, 5) is 8.64. The van der Waals surface area contributed by atoms with Crippen molar-refractivity contribution in [2.45, 2.75) is 19.9 Å². The first-order valence-electron chi connectivity index (χ1n) is 7.76. The van der Waals surface area contributed by atoms with E-state index in [1.165, 1.54) is 0 Å². The zero-order valence-corrected chi connectivity index (χ0v) is 15.7. The highest BCUT2D eigenvalue weighted by atomic mass is 35.5. The van der Waals surface area contributed by atoms with E-state index in [4.69, 9.17) is 25.8 Å². The summed E-state index contributed by atoms with van der Waals surface area (Å²) in [6, 6.07) is 5.63. The lowest BCUT2D eigenvalue weighted by Crippen LogP contribution is -2.11. The van der Waals surface area contributed by atoms with Gasteiger partial charge in [0.15, 0.2) is 17.3 Å². The van der Waals surface area contributed by atoms with Gasteiger partial charge in [0.1, 0.15) is 11.0 Å². The van der Waals surface area contributed by atoms with Gasteiger partial charge >= 0.3 is 0 Å². The minimum atomic E-state index is 0.248. The van der Waals surface area contributed by atoms with Crippen molar-refractivity contribution < 1.29 is 14.2 Å². The number of hydrogen-bond donors (Lipinski definition) is 1. The molecule has 6 nitrogen and oxygen atoms in total. The minimum absolute atomic E-state index is 0.248. The van der Waals surface area contributed by atoms with Crippen molar-refractivity contribution in [1.82, 2.24) is 9.97 Å². The van der Waals surface area contributed by atoms with E-state index in [1.54, 1.807) is 33.5 Å². The Labute approximate surface area is 152 Å². The number of halogens is 1. The zero-order valence-electron chi connectivity index (χ0n) is 15.0. The monoisotopic (exact) mass is 363 g/mol. The van der Waals surface area contributed by atoms with Crippen LogP contribution in [-0.2, 0) is 0 Å². The van der Waals surface area contributed by atoms with Crippen molar-refractivity contribution in [2.75, 3.05) is 26.6 Å². The first-order valence-corrected chi connectivity index (χ1v) is 8.13. The normalized spacial score (nSPS) is 11.0. The number of benzene rings is 1. The Kier molecular flexibility index (Phi) is 6.47. The SMILES string of the molecule is COc1cc(/C=C/c2nc(Cl)cc(NC(C)C)n2)cc(OC)c1OC. The number of methoxy groups -OCH3 is 3. The average Bonchev–Trinajstić information content (AvgIpc) is 2.57. The summed E-state index contributed by atoms with van der Waals surface area (Å²) in [6.07, 6.45) is 3.63. The molecule has 1 N–H and O–H groups in total. The van der Waals surface area contributed by atoms with Crippen molar-refractivity contribution in [2.24, 2.45) is 0 Å². The van der Waals surface area contributed by atoms with E-state index in [2.05, 4.69) is 15.3 Å². The van der Waals surface area contributed by atoms with Crippen LogP contribution in [0.1, 0.15) is 25.2 Å². The van der Waals surface area contributed by atoms with Crippen LogP contribution in [0.15, 0.2) is 18.2 Å². The van der Waals surface area contributed by atoms with Crippen LogP contribution in [0.2, 0.25) is 5.15 Å². The lowest BCUT2D eigenvalue weighted by molar-refractivity contribution is 0.324. The van der Waals surface area contributed by atoms with Crippen LogP contribution in [0.3, 0.4) is 0 Å². The van der Waals surface area contributed by atoms with E-state index in [-0.39, 0.29) is 6.04 Å². The summed E-state index contributed by atoms with van der Waals surface area (Å²) in [6.45, 7) is 4.06. The number of rotatable bonds is 7. The van der Waals surface area contributed by atoms with E-state index in [0.717, 1.165) is 5.56 Å². The third kappa shape index (κ3) is 5.00. The largest absolute Gasteiger partial charge is 0.493 e. The average molecular weight is 364 g/mol. The molecule has 25 heavy (non-hydrogen) atoms. The maximum Gasteiger partial charge on any atom is 0.203 e. The third-order valence-corrected chi connectivity index (χ3v) is 3.45. The molecule has 1 aromatic heterocycles. The third-order valence-electron chi connectivity index (χ3n) is 3.26. The van der Waals surface area contributed by atoms with Crippen LogP contribution in [0.4, 0.5) is 5.82 Å². The topological polar surface area (TPSA) is 65.5 Å². The van der Waals surface area contributed by atoms with Crippen LogP contribution in [0.5, 0.6) is 17.2 Å². The molecule has 0 spiro atoms. The Balaban J connectivity index is 2.34. The molecule has 0 atom stereocenters. The number of nitrogens with one attached hydrogen (secondary N) is 1. The molecule has 0 aliphatic rings. The van der Waals surface area contributed by atoms with E-state index in [9.17, 15) is 0 Å². The fourth-order valence-electron chi connectivity index (χ4n) is 2.25. The predicted molar refractivity (Wildman–Crippen MR) is 101 cm³/mol. The van der Waals surface area contributed by atoms with Crippen LogP contribution in [-0.4, -0.2) is 37.3 Å². The molecule has 2 aromatic rings. The van der Waals surface area contributed by atoms with Gasteiger partial charge in [0, 0.05) is 12.1 Å². The summed E-state index contributed by atoms with van der Waals surface area (Å²) in [5, 5.41) is 3.59. The van der Waals surface area contributed by atoms with Gasteiger partial charge in [0.05, 0.1) is 21.3 Å². The van der Waals surface area contributed by atoms with Gasteiger partial charge < -0.3 is 19.5 Å². The van der Waals surface area contributed by atoms with Crippen molar-refractivity contribution in [3.05, 3.63) is 34.7 Å². The van der Waals surface area contributed by atoms with Gasteiger partial charge in [0.2, 0.25) is 5.75 Å². The highest BCUT2D eigenvalue weighted by Gasteiger charge is 2.12. The van der Waals surface area contributed by atoms with Crippen molar-refractivity contribution in [3.8, 4) is 17.2 Å². The molecule has 0 aliphatic carbocycles. The van der Waals surface area contributed by atoms with Crippen LogP contribution >= 0.6 is 11.6 Å². The number of aromatic nitrogens is 2.